The number of likely N-dealkylation sites (tertiary alicyclic amines) is 1. The van der Waals surface area contributed by atoms with Gasteiger partial charge in [-0.15, -0.1) is 0 Å². The lowest BCUT2D eigenvalue weighted by Gasteiger charge is -2.31. The number of nitrogens with zero attached hydrogens (tertiary/aromatic N) is 1. The average molecular weight is 2000 g/mol. The van der Waals surface area contributed by atoms with Crippen molar-refractivity contribution in [2.45, 2.75) is 334 Å². The summed E-state index contributed by atoms with van der Waals surface area (Å²) in [5.74, 6) is -20.9. The molecular formula is C96H157N23O23. The van der Waals surface area contributed by atoms with Gasteiger partial charge in [-0.1, -0.05) is 138 Å². The van der Waals surface area contributed by atoms with E-state index in [1.54, 1.807) is 123 Å². The lowest BCUT2D eigenvalue weighted by Crippen LogP contribution is -2.64. The van der Waals surface area contributed by atoms with Crippen molar-refractivity contribution in [3.8, 4) is 0 Å². The highest BCUT2D eigenvalue weighted by Crippen LogP contribution is 2.25. The number of benzene rings is 2. The van der Waals surface area contributed by atoms with Gasteiger partial charge >= 0.3 is 11.9 Å². The SMILES string of the molecule is CC[C@H](C)[C@H](N)C(=O)N[C@@H](CCCCN)C(=O)N[C@H](C(=O)N[C@H](C(=O)N[C@H](C(=O)N[C@@H](CO)C(=O)N[C@@H](Cc1ccccc1)C(=O)N[C@@H](CC(=O)O)C(=O)N[C@@H](CC(C)C)C(=O)N1CCC[C@H]1C(=O)N[C@@H](C)C(=O)N[C@@H](CC(C)C)C(=O)N[C@@H](CCCNC(=N)N)C(=O)N[C@@H](Cc1c[nH]c2ccccc12)C(=O)N[C@@H](CC(C)C)C(=O)N[C@@H](CCCCN)C(=O)N[C@@H](CC(C)C)C(=O)O)[C@@H](C)O)C(C)C)[C@@H](C)O. The van der Waals surface area contributed by atoms with Crippen LogP contribution in [0.25, 0.3) is 10.9 Å². The molecule has 1 aliphatic rings. The van der Waals surface area contributed by atoms with E-state index in [1.165, 1.54) is 32.6 Å². The Bertz CT molecular complexity index is 4690. The minimum absolute atomic E-state index is 0.0216. The van der Waals surface area contributed by atoms with E-state index in [0.717, 1.165) is 6.92 Å². The molecular weight excluding hydrogens is 1840 g/mol. The number of H-pyrrole nitrogens is 1. The first-order valence-electron chi connectivity index (χ1n) is 49.0. The van der Waals surface area contributed by atoms with Gasteiger partial charge in [0, 0.05) is 43.0 Å². The van der Waals surface area contributed by atoms with E-state index >= 15 is 9.59 Å². The highest BCUT2D eigenvalue weighted by molar-refractivity contribution is 6.02. The molecule has 0 radical (unpaired) electrons. The number of carbonyl (C=O) groups excluding carboxylic acids is 16. The van der Waals surface area contributed by atoms with Crippen molar-refractivity contribution in [1.29, 1.82) is 5.41 Å². The molecule has 794 valence electrons. The number of guanidine groups is 1. The number of aliphatic carboxylic acids is 2. The topological polar surface area (TPSA) is 748 Å². The zero-order valence-electron chi connectivity index (χ0n) is 84.3. The van der Waals surface area contributed by atoms with Gasteiger partial charge in [0.15, 0.2) is 5.96 Å². The van der Waals surface area contributed by atoms with E-state index < -0.39 is 252 Å². The summed E-state index contributed by atoms with van der Waals surface area (Å²) in [6, 6.07) is -10.7. The number of aromatic nitrogens is 1. The predicted molar refractivity (Wildman–Crippen MR) is 527 cm³/mol. The second-order valence-electron chi connectivity index (χ2n) is 38.6. The molecule has 16 amide bonds. The third-order valence-electron chi connectivity index (χ3n) is 24.1. The molecule has 0 unspecified atom stereocenters. The maximum absolute atomic E-state index is 15.1. The monoisotopic (exact) mass is 2000 g/mol. The Hall–Kier alpha value is -12.5. The largest absolute Gasteiger partial charge is 0.481 e. The minimum atomic E-state index is -2.01. The van der Waals surface area contributed by atoms with Gasteiger partial charge in [0.25, 0.3) is 0 Å². The van der Waals surface area contributed by atoms with Gasteiger partial charge in [0.2, 0.25) is 94.5 Å². The zero-order valence-corrected chi connectivity index (χ0v) is 84.3. The van der Waals surface area contributed by atoms with Crippen LogP contribution in [0, 0.1) is 40.9 Å². The quantitative estimate of drug-likeness (QED) is 0.0155. The molecule has 31 N–H and O–H groups in total. The summed E-state index contributed by atoms with van der Waals surface area (Å²) < 4.78 is 0. The number of nitrogens with one attached hydrogen (secondary N) is 18. The zero-order chi connectivity index (χ0) is 107. The number of carboxylic acid groups (broad SMARTS) is 2. The summed E-state index contributed by atoms with van der Waals surface area (Å²) in [7, 11) is 0. The fourth-order valence-corrected chi connectivity index (χ4v) is 16.0. The van der Waals surface area contributed by atoms with Gasteiger partial charge < -0.3 is 143 Å². The van der Waals surface area contributed by atoms with Gasteiger partial charge in [0.1, 0.15) is 96.7 Å². The predicted octanol–water partition coefficient (Wildman–Crippen LogP) is -2.72. The molecule has 3 aromatic rings. The number of amides is 16. The maximum atomic E-state index is 15.1. The van der Waals surface area contributed by atoms with Crippen molar-refractivity contribution >= 4 is 123 Å². The van der Waals surface area contributed by atoms with E-state index in [-0.39, 0.29) is 127 Å². The minimum Gasteiger partial charge on any atom is -0.481 e. The second kappa shape index (κ2) is 61.3. The van der Waals surface area contributed by atoms with Gasteiger partial charge in [0.05, 0.1) is 31.3 Å². The van der Waals surface area contributed by atoms with Crippen LogP contribution >= 0.6 is 0 Å². The number of fused-ring (bicyclic) bond motifs is 1. The number of para-hydroxylation sites is 1. The fraction of sp³-hybridized carbons (Fsp3) is 0.656. The summed E-state index contributed by atoms with van der Waals surface area (Å²) in [4.78, 5) is 260. The van der Waals surface area contributed by atoms with Crippen molar-refractivity contribution in [2.75, 3.05) is 32.8 Å². The van der Waals surface area contributed by atoms with Crippen LogP contribution < -0.4 is 108 Å². The van der Waals surface area contributed by atoms with Crippen molar-refractivity contribution in [3.63, 3.8) is 0 Å². The second-order valence-corrected chi connectivity index (χ2v) is 38.6. The number of aromatic amines is 1. The number of carboxylic acids is 2. The van der Waals surface area contributed by atoms with Crippen molar-refractivity contribution < 1.29 is 112 Å². The van der Waals surface area contributed by atoms with E-state index in [0.29, 0.717) is 54.1 Å². The molecule has 0 spiro atoms. The Morgan fingerprint density at radius 1 is 0.444 bits per heavy atom. The normalized spacial score (nSPS) is 16.6. The summed E-state index contributed by atoms with van der Waals surface area (Å²) in [5, 5.41) is 102. The van der Waals surface area contributed by atoms with Crippen LogP contribution in [0.1, 0.15) is 218 Å². The standard InChI is InChI=1S/C96H157N23O23/c1-16-54(12)75(99)90(136)107-63(33-23-25-37-98)82(128)117-78(57(15)122)93(139)116-76(53(10)11)91(137)118-77(56(14)121)92(138)115-72(48-120)88(134)110-67(44-58-28-18-17-19-29-58)85(131)112-69(46-74(123)124)87(133)113-70(42-51(6)7)94(140)119-39-27-35-73(119)89(135)104-55(13)79(125)108-65(40-49(2)3)83(129)106-64(34-26-38-102-96(100)101)80(126)111-68(45-59-47-103-61-31-21-20-30-60(59)61)86(132)109-66(41-50(4)5)84(130)105-62(32-22-24-36-97)81(127)114-71(95(141)142)43-52(8)9/h17-21,28-31,47,49-57,62-73,75-78,103,120-122H,16,22-27,32-46,48,97-99H2,1-15H3,(H,104,135)(H,105,130)(H,106,129)(H,107,136)(H,108,125)(H,109,132)(H,110,134)(H,111,126)(H,112,131)(H,113,133)(H,114,127)(H,115,138)(H,116,139)(H,117,128)(H,118,137)(H,123,124)(H,141,142)(H4,100,101,102)/t54-,55-,56+,57+,62-,63-,64-,65-,66-,67-,68-,69-,70-,71-,72-,73-,75-,76-,77-,78-/m0/s1. The summed E-state index contributed by atoms with van der Waals surface area (Å²) in [5.41, 5.74) is 24.9. The molecule has 142 heavy (non-hydrogen) atoms. The van der Waals surface area contributed by atoms with Gasteiger partial charge in [-0.2, -0.15) is 0 Å². The number of hydrogen-bond donors (Lipinski definition) is 27. The first-order valence-corrected chi connectivity index (χ1v) is 49.0. The van der Waals surface area contributed by atoms with Crippen LogP contribution in [0.2, 0.25) is 0 Å². The van der Waals surface area contributed by atoms with Crippen molar-refractivity contribution in [3.05, 3.63) is 71.9 Å². The summed E-state index contributed by atoms with van der Waals surface area (Å²) in [6.07, 6.45) is -0.952. The summed E-state index contributed by atoms with van der Waals surface area (Å²) in [6.45, 7) is 23.5. The number of aliphatic hydroxyl groups excluding tert-OH is 3. The number of unbranched alkanes of at least 4 members (excludes halogenated alkanes) is 2. The Balaban J connectivity index is 1.58. The highest BCUT2D eigenvalue weighted by atomic mass is 16.4. The molecule has 2 heterocycles. The average Bonchev–Trinajstić information content (AvgIpc) is 1.63. The molecule has 1 aliphatic heterocycles. The van der Waals surface area contributed by atoms with E-state index in [2.05, 4.69) is 90.1 Å². The van der Waals surface area contributed by atoms with E-state index in [4.69, 9.17) is 28.3 Å². The molecule has 2 aromatic carbocycles. The number of rotatable bonds is 64. The van der Waals surface area contributed by atoms with Gasteiger partial charge in [-0.05, 0) is 176 Å². The van der Waals surface area contributed by atoms with Crippen LogP contribution in [-0.2, 0) is 99.1 Å². The van der Waals surface area contributed by atoms with Crippen LogP contribution in [-0.4, -0.2) is 296 Å². The third-order valence-corrected chi connectivity index (χ3v) is 24.1. The number of hydrogen-bond acceptors (Lipinski definition) is 25. The highest BCUT2D eigenvalue weighted by Gasteiger charge is 2.44. The van der Waals surface area contributed by atoms with Gasteiger partial charge in [-0.3, -0.25) is 86.9 Å². The first kappa shape index (κ1) is 122. The molecule has 1 fully saturated rings. The molecule has 0 aliphatic carbocycles. The number of carbonyl (C=O) groups is 18. The molecule has 46 nitrogen and oxygen atoms in total. The Labute approximate surface area is 829 Å². The number of aliphatic hydroxyl groups is 3. The molecule has 1 aromatic heterocycles. The Morgan fingerprint density at radius 3 is 1.33 bits per heavy atom. The van der Waals surface area contributed by atoms with Crippen molar-refractivity contribution in [2.24, 2.45) is 58.4 Å². The van der Waals surface area contributed by atoms with E-state index in [1.807, 2.05) is 6.92 Å². The summed E-state index contributed by atoms with van der Waals surface area (Å²) >= 11 is 0. The molecule has 0 bridgehead atoms. The molecule has 1 saturated heterocycles. The third kappa shape index (κ3) is 41.2. The van der Waals surface area contributed by atoms with Crippen LogP contribution in [0.4, 0.5) is 0 Å². The Kier molecular flexibility index (Phi) is 52.6. The number of nitrogens with two attached hydrogens (primary N) is 4. The fourth-order valence-electron chi connectivity index (χ4n) is 16.0. The lowest BCUT2D eigenvalue weighted by molar-refractivity contribution is -0.144. The smallest absolute Gasteiger partial charge is 0.326 e. The van der Waals surface area contributed by atoms with Crippen LogP contribution in [0.5, 0.6) is 0 Å². The van der Waals surface area contributed by atoms with Crippen LogP contribution in [0.3, 0.4) is 0 Å². The van der Waals surface area contributed by atoms with E-state index in [9.17, 15) is 102 Å². The first-order chi connectivity index (χ1) is 66.9. The van der Waals surface area contributed by atoms with Crippen molar-refractivity contribution in [1.82, 2.24) is 95.0 Å². The maximum Gasteiger partial charge on any atom is 0.326 e. The molecule has 0 saturated carbocycles. The molecule has 46 heteroatoms. The lowest BCUT2D eigenvalue weighted by atomic mass is 9.98. The molecule has 4 rings (SSSR count). The Morgan fingerprint density at radius 2 is 0.838 bits per heavy atom. The molecule has 20 atom stereocenters. The van der Waals surface area contributed by atoms with Crippen LogP contribution in [0.15, 0.2) is 60.8 Å². The van der Waals surface area contributed by atoms with Gasteiger partial charge in [-0.25, -0.2) is 4.79 Å².